The second-order valence-electron chi connectivity index (χ2n) is 5.42. The molecule has 0 bridgehead atoms. The van der Waals surface area contributed by atoms with Crippen molar-refractivity contribution >= 4 is 5.97 Å². The summed E-state index contributed by atoms with van der Waals surface area (Å²) in [6.45, 7) is 2.02. The quantitative estimate of drug-likeness (QED) is 0.781. The molecule has 0 amide bonds. The highest BCUT2D eigenvalue weighted by molar-refractivity contribution is 5.81. The van der Waals surface area contributed by atoms with E-state index in [1.54, 1.807) is 6.92 Å². The number of rotatable bonds is 6. The number of methoxy groups -OCH3 is 1. The molecule has 1 aliphatic carbocycles. The van der Waals surface area contributed by atoms with E-state index in [1.165, 1.54) is 31.4 Å². The van der Waals surface area contributed by atoms with E-state index in [-0.39, 0.29) is 24.2 Å². The predicted octanol–water partition coefficient (Wildman–Crippen LogP) is 1.79. The van der Waals surface area contributed by atoms with Gasteiger partial charge in [0.15, 0.2) is 0 Å². The fourth-order valence-corrected chi connectivity index (χ4v) is 2.37. The van der Waals surface area contributed by atoms with Crippen molar-refractivity contribution in [2.24, 2.45) is 5.92 Å². The Labute approximate surface area is 117 Å². The number of carbonyl (C=O) groups excluding carboxylic acids is 1. The highest BCUT2D eigenvalue weighted by Gasteiger charge is 2.48. The number of carbonyl (C=O) groups is 1. The number of esters is 1. The number of halogens is 1. The summed E-state index contributed by atoms with van der Waals surface area (Å²) >= 11 is 0. The summed E-state index contributed by atoms with van der Waals surface area (Å²) in [5.41, 5.74) is -0.155. The van der Waals surface area contributed by atoms with Crippen molar-refractivity contribution in [3.63, 3.8) is 0 Å². The topological polar surface area (TPSA) is 58.6 Å². The Kier molecular flexibility index (Phi) is 4.40. The van der Waals surface area contributed by atoms with Gasteiger partial charge in [-0.15, -0.1) is 0 Å². The molecule has 2 unspecified atom stereocenters. The zero-order valence-electron chi connectivity index (χ0n) is 11.7. The lowest BCUT2D eigenvalue weighted by molar-refractivity contribution is -0.149. The van der Waals surface area contributed by atoms with Gasteiger partial charge in [0.1, 0.15) is 11.4 Å². The van der Waals surface area contributed by atoms with Crippen LogP contribution in [0.2, 0.25) is 0 Å². The highest BCUT2D eigenvalue weighted by atomic mass is 19.1. The molecular formula is C15H20FNO3. The fraction of sp³-hybridized carbons (Fsp3) is 0.533. The van der Waals surface area contributed by atoms with E-state index in [2.05, 4.69) is 5.32 Å². The van der Waals surface area contributed by atoms with Crippen molar-refractivity contribution in [1.82, 2.24) is 5.32 Å². The van der Waals surface area contributed by atoms with Crippen molar-refractivity contribution in [2.75, 3.05) is 13.7 Å². The maximum atomic E-state index is 12.8. The van der Waals surface area contributed by atoms with Gasteiger partial charge in [-0.05, 0) is 43.4 Å². The van der Waals surface area contributed by atoms with E-state index in [0.717, 1.165) is 12.8 Å². The van der Waals surface area contributed by atoms with Crippen LogP contribution in [0.3, 0.4) is 0 Å². The van der Waals surface area contributed by atoms with E-state index in [4.69, 9.17) is 4.74 Å². The minimum Gasteiger partial charge on any atom is -0.468 e. The zero-order valence-corrected chi connectivity index (χ0v) is 11.7. The molecule has 1 saturated carbocycles. The van der Waals surface area contributed by atoms with Crippen molar-refractivity contribution < 1.29 is 19.0 Å². The summed E-state index contributed by atoms with van der Waals surface area (Å²) in [7, 11) is 1.36. The Morgan fingerprint density at radius 1 is 1.50 bits per heavy atom. The molecule has 0 aliphatic heterocycles. The molecule has 2 rings (SSSR count). The molecule has 1 aromatic rings. The van der Waals surface area contributed by atoms with Crippen LogP contribution < -0.4 is 5.32 Å². The molecule has 1 fully saturated rings. The first-order valence-corrected chi connectivity index (χ1v) is 6.74. The second-order valence-corrected chi connectivity index (χ2v) is 5.42. The molecule has 0 radical (unpaired) electrons. The number of β-amino-alcohol motifs (C(OH)–C–C–N with tert-alkyl or cyclic N) is 1. The number of hydrogen-bond acceptors (Lipinski definition) is 4. The lowest BCUT2D eigenvalue weighted by Crippen LogP contribution is -2.53. The maximum Gasteiger partial charge on any atom is 0.326 e. The monoisotopic (exact) mass is 281 g/mol. The van der Waals surface area contributed by atoms with E-state index >= 15 is 0 Å². The molecule has 0 heterocycles. The average Bonchev–Trinajstić information content (AvgIpc) is 3.29. The Hall–Kier alpha value is -1.46. The van der Waals surface area contributed by atoms with Gasteiger partial charge in [-0.1, -0.05) is 12.1 Å². The molecule has 0 aromatic heterocycles. The smallest absolute Gasteiger partial charge is 0.326 e. The normalized spacial score (nSPS) is 19.2. The Bertz CT molecular complexity index is 473. The molecule has 1 aromatic carbocycles. The van der Waals surface area contributed by atoms with Crippen LogP contribution >= 0.6 is 0 Å². The minimum atomic E-state index is -0.793. The molecule has 5 heteroatoms. The zero-order chi connectivity index (χ0) is 14.8. The van der Waals surface area contributed by atoms with Gasteiger partial charge < -0.3 is 9.84 Å². The summed E-state index contributed by atoms with van der Waals surface area (Å²) in [4.78, 5) is 11.9. The van der Waals surface area contributed by atoms with Crippen LogP contribution in [0.25, 0.3) is 0 Å². The van der Waals surface area contributed by atoms with Crippen LogP contribution in [0.1, 0.15) is 31.4 Å². The second kappa shape index (κ2) is 5.89. The lowest BCUT2D eigenvalue weighted by Gasteiger charge is -2.29. The van der Waals surface area contributed by atoms with Crippen molar-refractivity contribution in [1.29, 1.82) is 0 Å². The van der Waals surface area contributed by atoms with Gasteiger partial charge in [0, 0.05) is 6.54 Å². The van der Waals surface area contributed by atoms with Crippen LogP contribution in [0.5, 0.6) is 0 Å². The Morgan fingerprint density at radius 3 is 2.60 bits per heavy atom. The molecular weight excluding hydrogens is 261 g/mol. The molecule has 1 aliphatic rings. The van der Waals surface area contributed by atoms with Gasteiger partial charge >= 0.3 is 5.97 Å². The number of benzene rings is 1. The standard InChI is InChI=1S/C15H20FNO3/c1-15(11-5-6-11,14(19)20-2)17-9-13(18)10-3-7-12(16)8-4-10/h3-4,7-8,11,13,17-18H,5-6,9H2,1-2H3. The number of ether oxygens (including phenoxy) is 1. The van der Waals surface area contributed by atoms with E-state index in [9.17, 15) is 14.3 Å². The number of aliphatic hydroxyl groups excluding tert-OH is 1. The van der Waals surface area contributed by atoms with Crippen LogP contribution in [0, 0.1) is 11.7 Å². The molecule has 2 N–H and O–H groups in total. The van der Waals surface area contributed by atoms with E-state index in [1.807, 2.05) is 0 Å². The van der Waals surface area contributed by atoms with Crippen LogP contribution in [-0.4, -0.2) is 30.3 Å². The third kappa shape index (κ3) is 3.16. The van der Waals surface area contributed by atoms with Crippen LogP contribution in [0.4, 0.5) is 4.39 Å². The van der Waals surface area contributed by atoms with Gasteiger partial charge in [0.25, 0.3) is 0 Å². The Morgan fingerprint density at radius 2 is 2.10 bits per heavy atom. The lowest BCUT2D eigenvalue weighted by atomic mass is 9.95. The van der Waals surface area contributed by atoms with Crippen molar-refractivity contribution in [3.8, 4) is 0 Å². The molecule has 110 valence electrons. The van der Waals surface area contributed by atoms with Crippen molar-refractivity contribution in [2.45, 2.75) is 31.4 Å². The first kappa shape index (κ1) is 14.9. The van der Waals surface area contributed by atoms with Gasteiger partial charge in [-0.3, -0.25) is 10.1 Å². The van der Waals surface area contributed by atoms with Crippen LogP contribution in [0.15, 0.2) is 24.3 Å². The third-order valence-corrected chi connectivity index (χ3v) is 3.92. The highest BCUT2D eigenvalue weighted by Crippen LogP contribution is 2.40. The van der Waals surface area contributed by atoms with Crippen LogP contribution in [-0.2, 0) is 9.53 Å². The molecule has 0 spiro atoms. The summed E-state index contributed by atoms with van der Waals surface area (Å²) in [6.07, 6.45) is 1.16. The van der Waals surface area contributed by atoms with Gasteiger partial charge in [0.2, 0.25) is 0 Å². The Balaban J connectivity index is 1.99. The molecule has 2 atom stereocenters. The first-order valence-electron chi connectivity index (χ1n) is 6.74. The van der Waals surface area contributed by atoms with E-state index < -0.39 is 11.6 Å². The average molecular weight is 281 g/mol. The summed E-state index contributed by atoms with van der Waals surface area (Å²) in [5.74, 6) is -0.409. The number of hydrogen-bond donors (Lipinski definition) is 2. The van der Waals surface area contributed by atoms with Gasteiger partial charge in [-0.25, -0.2) is 4.39 Å². The molecule has 20 heavy (non-hydrogen) atoms. The summed E-state index contributed by atoms with van der Waals surface area (Å²) in [5, 5.41) is 13.2. The summed E-state index contributed by atoms with van der Waals surface area (Å²) < 4.78 is 17.7. The minimum absolute atomic E-state index is 0.216. The SMILES string of the molecule is COC(=O)C(C)(NCC(O)c1ccc(F)cc1)C1CC1. The molecule has 0 saturated heterocycles. The number of aliphatic hydroxyl groups is 1. The van der Waals surface area contributed by atoms with Crippen molar-refractivity contribution in [3.05, 3.63) is 35.6 Å². The first-order chi connectivity index (χ1) is 9.47. The molecule has 4 nitrogen and oxygen atoms in total. The predicted molar refractivity (Wildman–Crippen MR) is 72.5 cm³/mol. The van der Waals surface area contributed by atoms with E-state index in [0.29, 0.717) is 5.56 Å². The fourth-order valence-electron chi connectivity index (χ4n) is 2.37. The van der Waals surface area contributed by atoms with Gasteiger partial charge in [-0.2, -0.15) is 0 Å². The summed E-state index contributed by atoms with van der Waals surface area (Å²) in [6, 6.07) is 5.68. The largest absolute Gasteiger partial charge is 0.468 e. The number of nitrogens with one attached hydrogen (secondary N) is 1. The van der Waals surface area contributed by atoms with Gasteiger partial charge in [0.05, 0.1) is 13.2 Å². The third-order valence-electron chi connectivity index (χ3n) is 3.92. The maximum absolute atomic E-state index is 12.8.